The molecule has 2 unspecified atom stereocenters. The maximum atomic E-state index is 12.4. The highest BCUT2D eigenvalue weighted by Gasteiger charge is 2.31. The number of halogens is 1. The number of carbonyl (C=O) groups excluding carboxylic acids is 1. The summed E-state index contributed by atoms with van der Waals surface area (Å²) >= 11 is 6.00. The van der Waals surface area contributed by atoms with E-state index in [1.54, 1.807) is 18.3 Å². The van der Waals surface area contributed by atoms with Gasteiger partial charge in [-0.05, 0) is 58.6 Å². The molecule has 2 N–H and O–H groups in total. The zero-order valence-electron chi connectivity index (χ0n) is 14.1. The normalized spacial score (nSPS) is 20.2. The van der Waals surface area contributed by atoms with Crippen molar-refractivity contribution in [1.82, 2.24) is 9.88 Å². The van der Waals surface area contributed by atoms with Gasteiger partial charge >= 0.3 is 6.09 Å². The number of rotatable bonds is 3. The van der Waals surface area contributed by atoms with Crippen LogP contribution in [0.3, 0.4) is 0 Å². The summed E-state index contributed by atoms with van der Waals surface area (Å²) in [5, 5.41) is 0.623. The van der Waals surface area contributed by atoms with E-state index < -0.39 is 5.60 Å². The van der Waals surface area contributed by atoms with Crippen LogP contribution >= 0.6 is 11.6 Å². The summed E-state index contributed by atoms with van der Waals surface area (Å²) in [5.74, 6) is 0. The summed E-state index contributed by atoms with van der Waals surface area (Å²) < 4.78 is 5.52. The van der Waals surface area contributed by atoms with Crippen molar-refractivity contribution in [3.05, 3.63) is 29.0 Å². The van der Waals surface area contributed by atoms with E-state index in [0.717, 1.165) is 31.5 Å². The third-order valence-corrected chi connectivity index (χ3v) is 4.14. The first-order chi connectivity index (χ1) is 10.8. The number of hydrogen-bond acceptors (Lipinski definition) is 4. The number of hydrogen-bond donors (Lipinski definition) is 1. The van der Waals surface area contributed by atoms with Crippen LogP contribution in [0.25, 0.3) is 0 Å². The van der Waals surface area contributed by atoms with Crippen LogP contribution in [0.15, 0.2) is 18.3 Å². The smallest absolute Gasteiger partial charge is 0.410 e. The molecule has 128 valence electrons. The van der Waals surface area contributed by atoms with Crippen LogP contribution in [0.1, 0.15) is 58.2 Å². The molecule has 1 aliphatic rings. The summed E-state index contributed by atoms with van der Waals surface area (Å²) in [6.07, 6.45) is 5.10. The molecular weight excluding hydrogens is 314 g/mol. The second kappa shape index (κ2) is 7.49. The molecule has 2 atom stereocenters. The molecule has 0 spiro atoms. The predicted octanol–water partition coefficient (Wildman–Crippen LogP) is 3.91. The zero-order valence-corrected chi connectivity index (χ0v) is 14.8. The molecule has 0 aliphatic carbocycles. The van der Waals surface area contributed by atoms with Crippen molar-refractivity contribution in [3.63, 3.8) is 0 Å². The molecule has 1 amide bonds. The summed E-state index contributed by atoms with van der Waals surface area (Å²) in [5.41, 5.74) is 6.55. The molecule has 5 nitrogen and oxygen atoms in total. The Morgan fingerprint density at radius 2 is 2.26 bits per heavy atom. The van der Waals surface area contributed by atoms with Crippen molar-refractivity contribution in [2.75, 3.05) is 6.54 Å². The van der Waals surface area contributed by atoms with Crippen LogP contribution < -0.4 is 5.73 Å². The fraction of sp³-hybridized carbons (Fsp3) is 0.647. The molecule has 0 bridgehead atoms. The fourth-order valence-electron chi connectivity index (χ4n) is 2.84. The lowest BCUT2D eigenvalue weighted by Gasteiger charge is -2.37. The van der Waals surface area contributed by atoms with Gasteiger partial charge in [0.1, 0.15) is 5.60 Å². The van der Waals surface area contributed by atoms with Crippen LogP contribution in [-0.2, 0) is 4.74 Å². The summed E-state index contributed by atoms with van der Waals surface area (Å²) in [4.78, 5) is 18.5. The average molecular weight is 340 g/mol. The Hall–Kier alpha value is -1.33. The van der Waals surface area contributed by atoms with Gasteiger partial charge < -0.3 is 15.4 Å². The Labute approximate surface area is 143 Å². The van der Waals surface area contributed by atoms with Crippen molar-refractivity contribution < 1.29 is 9.53 Å². The first-order valence-corrected chi connectivity index (χ1v) is 8.51. The summed E-state index contributed by atoms with van der Waals surface area (Å²) in [6, 6.07) is 3.34. The number of nitrogens with zero attached hydrogens (tertiary/aromatic N) is 2. The van der Waals surface area contributed by atoms with E-state index >= 15 is 0 Å². The van der Waals surface area contributed by atoms with Crippen LogP contribution in [0.4, 0.5) is 4.79 Å². The lowest BCUT2D eigenvalue weighted by atomic mass is 9.95. The molecule has 2 heterocycles. The van der Waals surface area contributed by atoms with E-state index in [1.807, 2.05) is 25.7 Å². The van der Waals surface area contributed by atoms with Crippen molar-refractivity contribution in [2.45, 2.75) is 64.1 Å². The van der Waals surface area contributed by atoms with E-state index in [9.17, 15) is 4.79 Å². The van der Waals surface area contributed by atoms with Crippen LogP contribution in [0, 0.1) is 0 Å². The Balaban J connectivity index is 2.05. The molecule has 0 aromatic carbocycles. The van der Waals surface area contributed by atoms with E-state index in [4.69, 9.17) is 22.1 Å². The molecule has 1 fully saturated rings. The van der Waals surface area contributed by atoms with Gasteiger partial charge in [-0.25, -0.2) is 4.79 Å². The van der Waals surface area contributed by atoms with Crippen LogP contribution in [-0.4, -0.2) is 34.2 Å². The highest BCUT2D eigenvalue weighted by Crippen LogP contribution is 2.27. The van der Waals surface area contributed by atoms with Gasteiger partial charge in [0.05, 0.1) is 5.69 Å². The number of piperidine rings is 1. The number of ether oxygens (including phenoxy) is 1. The number of aromatic nitrogens is 1. The van der Waals surface area contributed by atoms with Gasteiger partial charge in [-0.3, -0.25) is 4.98 Å². The number of amides is 1. The SMILES string of the molecule is CC(C)(C)OC(=O)N1CCCCC1CC(N)c1cc(Cl)ccn1. The Morgan fingerprint density at radius 1 is 1.52 bits per heavy atom. The molecule has 0 saturated carbocycles. The zero-order chi connectivity index (χ0) is 17.0. The minimum atomic E-state index is -0.490. The average Bonchev–Trinajstić information content (AvgIpc) is 2.46. The predicted molar refractivity (Wildman–Crippen MR) is 91.4 cm³/mol. The van der Waals surface area contributed by atoms with E-state index in [1.165, 1.54) is 0 Å². The van der Waals surface area contributed by atoms with Gasteiger partial charge in [-0.2, -0.15) is 0 Å². The maximum Gasteiger partial charge on any atom is 0.410 e. The number of nitrogens with two attached hydrogens (primary N) is 1. The highest BCUT2D eigenvalue weighted by atomic mass is 35.5. The molecule has 23 heavy (non-hydrogen) atoms. The van der Waals surface area contributed by atoms with Crippen molar-refractivity contribution in [2.24, 2.45) is 5.73 Å². The molecule has 1 saturated heterocycles. The second-order valence-electron chi connectivity index (χ2n) is 7.06. The molecule has 1 aliphatic heterocycles. The minimum absolute atomic E-state index is 0.0781. The lowest BCUT2D eigenvalue weighted by Crippen LogP contribution is -2.47. The van der Waals surface area contributed by atoms with E-state index in [-0.39, 0.29) is 18.2 Å². The summed E-state index contributed by atoms with van der Waals surface area (Å²) in [7, 11) is 0. The molecule has 1 aromatic rings. The molecule has 2 rings (SSSR count). The topological polar surface area (TPSA) is 68.5 Å². The van der Waals surface area contributed by atoms with Crippen LogP contribution in [0.2, 0.25) is 5.02 Å². The van der Waals surface area contributed by atoms with Crippen molar-refractivity contribution in [1.29, 1.82) is 0 Å². The lowest BCUT2D eigenvalue weighted by molar-refractivity contribution is 0.00805. The summed E-state index contributed by atoms with van der Waals surface area (Å²) in [6.45, 7) is 6.36. The van der Waals surface area contributed by atoms with Crippen LogP contribution in [0.5, 0.6) is 0 Å². The third-order valence-electron chi connectivity index (χ3n) is 3.90. The van der Waals surface area contributed by atoms with Gasteiger partial charge in [0.2, 0.25) is 0 Å². The van der Waals surface area contributed by atoms with Gasteiger partial charge in [0.25, 0.3) is 0 Å². The monoisotopic (exact) mass is 339 g/mol. The van der Waals surface area contributed by atoms with Crippen molar-refractivity contribution in [3.8, 4) is 0 Å². The molecular formula is C17H26ClN3O2. The third kappa shape index (κ3) is 5.36. The van der Waals surface area contributed by atoms with Gasteiger partial charge in [0.15, 0.2) is 0 Å². The first-order valence-electron chi connectivity index (χ1n) is 8.13. The van der Waals surface area contributed by atoms with E-state index in [0.29, 0.717) is 11.4 Å². The van der Waals surface area contributed by atoms with Gasteiger partial charge in [-0.15, -0.1) is 0 Å². The number of carbonyl (C=O) groups is 1. The van der Waals surface area contributed by atoms with Crippen molar-refractivity contribution >= 4 is 17.7 Å². The molecule has 6 heteroatoms. The quantitative estimate of drug-likeness (QED) is 0.906. The standard InChI is InChI=1S/C17H26ClN3O2/c1-17(2,3)23-16(22)21-9-5-4-6-13(21)11-14(19)15-10-12(18)7-8-20-15/h7-8,10,13-14H,4-6,9,11,19H2,1-3H3. The number of pyridine rings is 1. The maximum absolute atomic E-state index is 12.4. The molecule has 1 aromatic heterocycles. The second-order valence-corrected chi connectivity index (χ2v) is 7.50. The molecule has 0 radical (unpaired) electrons. The largest absolute Gasteiger partial charge is 0.444 e. The van der Waals surface area contributed by atoms with Gasteiger partial charge in [0, 0.05) is 29.8 Å². The Kier molecular flexibility index (Phi) is 5.87. The Bertz CT molecular complexity index is 545. The highest BCUT2D eigenvalue weighted by molar-refractivity contribution is 6.30. The van der Waals surface area contributed by atoms with E-state index in [2.05, 4.69) is 4.98 Å². The Morgan fingerprint density at radius 3 is 2.91 bits per heavy atom. The minimum Gasteiger partial charge on any atom is -0.444 e. The number of likely N-dealkylation sites (tertiary alicyclic amines) is 1. The fourth-order valence-corrected chi connectivity index (χ4v) is 3.01. The first kappa shape index (κ1) is 18.0. The van der Waals surface area contributed by atoms with Gasteiger partial charge in [-0.1, -0.05) is 11.6 Å².